The second-order valence-electron chi connectivity index (χ2n) is 4.29. The lowest BCUT2D eigenvalue weighted by atomic mass is 10.1. The van der Waals surface area contributed by atoms with Gasteiger partial charge in [-0.15, -0.1) is 0 Å². The molecule has 0 aliphatic heterocycles. The molecule has 19 heavy (non-hydrogen) atoms. The molecule has 0 fully saturated rings. The van der Waals surface area contributed by atoms with Crippen molar-refractivity contribution in [2.75, 3.05) is 7.05 Å². The summed E-state index contributed by atoms with van der Waals surface area (Å²) in [6, 6.07) is 12.1. The van der Waals surface area contributed by atoms with Crippen LogP contribution < -0.4 is 5.32 Å². The molecule has 2 aromatic heterocycles. The first-order valence-electron chi connectivity index (χ1n) is 6.02. The van der Waals surface area contributed by atoms with Crippen LogP contribution in [0.25, 0.3) is 16.9 Å². The lowest BCUT2D eigenvalue weighted by Gasteiger charge is -2.01. The summed E-state index contributed by atoms with van der Waals surface area (Å²) < 4.78 is 2.89. The lowest BCUT2D eigenvalue weighted by Crippen LogP contribution is -2.04. The first-order valence-corrected chi connectivity index (χ1v) is 6.81. The minimum atomic E-state index is 0.747. The van der Waals surface area contributed by atoms with Crippen molar-refractivity contribution in [3.63, 3.8) is 0 Å². The van der Waals surface area contributed by atoms with E-state index in [0.717, 1.165) is 33.6 Å². The summed E-state index contributed by atoms with van der Waals surface area (Å²) in [6.45, 7) is 0.747. The number of nitrogens with one attached hydrogen (secondary N) is 1. The van der Waals surface area contributed by atoms with Crippen molar-refractivity contribution < 1.29 is 0 Å². The first-order chi connectivity index (χ1) is 9.26. The number of halogens is 1. The molecule has 0 saturated heterocycles. The van der Waals surface area contributed by atoms with Gasteiger partial charge in [-0.3, -0.25) is 0 Å². The van der Waals surface area contributed by atoms with Gasteiger partial charge in [0, 0.05) is 16.6 Å². The normalized spacial score (nSPS) is 11.1. The Balaban J connectivity index is 2.03. The van der Waals surface area contributed by atoms with Gasteiger partial charge in [-0.2, -0.15) is 5.10 Å². The third kappa shape index (κ3) is 2.52. The molecule has 0 unspecified atom stereocenters. The zero-order chi connectivity index (χ0) is 13.2. The number of fused-ring (bicyclic) bond motifs is 1. The largest absolute Gasteiger partial charge is 0.314 e. The topological polar surface area (TPSA) is 42.2 Å². The van der Waals surface area contributed by atoms with Crippen molar-refractivity contribution in [2.45, 2.75) is 6.54 Å². The first kappa shape index (κ1) is 12.3. The number of hydrogen-bond donors (Lipinski definition) is 1. The van der Waals surface area contributed by atoms with E-state index in [-0.39, 0.29) is 0 Å². The average Bonchev–Trinajstić information content (AvgIpc) is 2.81. The fourth-order valence-corrected chi connectivity index (χ4v) is 2.24. The quantitative estimate of drug-likeness (QED) is 0.808. The molecule has 96 valence electrons. The zero-order valence-electron chi connectivity index (χ0n) is 10.5. The summed E-state index contributed by atoms with van der Waals surface area (Å²) in [7, 11) is 1.91. The van der Waals surface area contributed by atoms with Crippen LogP contribution in [0.15, 0.2) is 47.1 Å². The van der Waals surface area contributed by atoms with Gasteiger partial charge in [0.15, 0.2) is 5.65 Å². The van der Waals surface area contributed by atoms with E-state index in [9.17, 15) is 0 Å². The van der Waals surface area contributed by atoms with E-state index < -0.39 is 0 Å². The molecular formula is C14H13BrN4. The van der Waals surface area contributed by atoms with Gasteiger partial charge in [-0.1, -0.05) is 28.1 Å². The fraction of sp³-hybridized carbons (Fsp3) is 0.143. The summed E-state index contributed by atoms with van der Waals surface area (Å²) in [5.74, 6) is 0. The molecule has 5 heteroatoms. The summed E-state index contributed by atoms with van der Waals surface area (Å²) >= 11 is 3.44. The molecule has 0 spiro atoms. The molecule has 0 atom stereocenters. The van der Waals surface area contributed by atoms with Crippen LogP contribution in [0.2, 0.25) is 0 Å². The van der Waals surface area contributed by atoms with Crippen LogP contribution in [0.4, 0.5) is 0 Å². The van der Waals surface area contributed by atoms with Crippen LogP contribution in [0.3, 0.4) is 0 Å². The molecule has 0 aliphatic rings. The van der Waals surface area contributed by atoms with Gasteiger partial charge in [0.2, 0.25) is 0 Å². The van der Waals surface area contributed by atoms with Crippen LogP contribution in [-0.4, -0.2) is 21.6 Å². The molecule has 0 radical (unpaired) electrons. The molecular weight excluding hydrogens is 304 g/mol. The summed E-state index contributed by atoms with van der Waals surface area (Å²) in [4.78, 5) is 4.48. The zero-order valence-corrected chi connectivity index (χ0v) is 12.1. The van der Waals surface area contributed by atoms with Crippen LogP contribution in [0, 0.1) is 0 Å². The van der Waals surface area contributed by atoms with E-state index >= 15 is 0 Å². The molecule has 3 aromatic rings. The highest BCUT2D eigenvalue weighted by molar-refractivity contribution is 9.10. The van der Waals surface area contributed by atoms with Gasteiger partial charge in [0.05, 0.1) is 17.6 Å². The van der Waals surface area contributed by atoms with Crippen LogP contribution in [0.5, 0.6) is 0 Å². The molecule has 0 amide bonds. The molecule has 0 aliphatic carbocycles. The number of imidazole rings is 1. The standard InChI is InChI=1S/C14H13BrN4/c1-16-8-12-9-19-14(17-12)7-6-13(18-19)10-2-4-11(15)5-3-10/h2-7,9,16H,8H2,1H3. The van der Waals surface area contributed by atoms with Gasteiger partial charge in [-0.25, -0.2) is 9.50 Å². The smallest absolute Gasteiger partial charge is 0.153 e. The maximum Gasteiger partial charge on any atom is 0.153 e. The van der Waals surface area contributed by atoms with Crippen molar-refractivity contribution in [3.8, 4) is 11.3 Å². The number of nitrogens with zero attached hydrogens (tertiary/aromatic N) is 3. The SMILES string of the molecule is CNCc1cn2nc(-c3ccc(Br)cc3)ccc2n1. The van der Waals surface area contributed by atoms with Gasteiger partial charge in [-0.05, 0) is 31.3 Å². The molecule has 0 saturated carbocycles. The van der Waals surface area contributed by atoms with Gasteiger partial charge >= 0.3 is 0 Å². The third-order valence-electron chi connectivity index (χ3n) is 2.87. The monoisotopic (exact) mass is 316 g/mol. The average molecular weight is 317 g/mol. The van der Waals surface area contributed by atoms with E-state index in [2.05, 4.69) is 31.3 Å². The Bertz CT molecular complexity index is 703. The van der Waals surface area contributed by atoms with Crippen LogP contribution in [0.1, 0.15) is 5.69 Å². The van der Waals surface area contributed by atoms with Crippen molar-refractivity contribution in [3.05, 3.63) is 52.8 Å². The Kier molecular flexibility index (Phi) is 3.31. The van der Waals surface area contributed by atoms with Crippen molar-refractivity contribution in [2.24, 2.45) is 0 Å². The number of hydrogen-bond acceptors (Lipinski definition) is 3. The highest BCUT2D eigenvalue weighted by atomic mass is 79.9. The van der Waals surface area contributed by atoms with Crippen LogP contribution >= 0.6 is 15.9 Å². The molecule has 4 nitrogen and oxygen atoms in total. The van der Waals surface area contributed by atoms with E-state index in [4.69, 9.17) is 0 Å². The Morgan fingerprint density at radius 2 is 1.95 bits per heavy atom. The van der Waals surface area contributed by atoms with Gasteiger partial charge < -0.3 is 5.32 Å². The number of aromatic nitrogens is 3. The van der Waals surface area contributed by atoms with Gasteiger partial charge in [0.1, 0.15) is 0 Å². The minimum Gasteiger partial charge on any atom is -0.314 e. The van der Waals surface area contributed by atoms with Crippen LogP contribution in [-0.2, 0) is 6.54 Å². The lowest BCUT2D eigenvalue weighted by molar-refractivity contribution is 0.796. The summed E-state index contributed by atoms with van der Waals surface area (Å²) in [5.41, 5.74) is 3.89. The van der Waals surface area contributed by atoms with Crippen molar-refractivity contribution in [1.82, 2.24) is 19.9 Å². The fourth-order valence-electron chi connectivity index (χ4n) is 1.97. The van der Waals surface area contributed by atoms with E-state index in [0.29, 0.717) is 0 Å². The number of rotatable bonds is 3. The molecule has 1 N–H and O–H groups in total. The molecule has 0 bridgehead atoms. The predicted octanol–water partition coefficient (Wildman–Crippen LogP) is 2.88. The van der Waals surface area contributed by atoms with E-state index in [1.807, 2.05) is 54.2 Å². The number of benzene rings is 1. The molecule has 1 aromatic carbocycles. The predicted molar refractivity (Wildman–Crippen MR) is 78.9 cm³/mol. The Morgan fingerprint density at radius 3 is 2.68 bits per heavy atom. The second kappa shape index (κ2) is 5.11. The maximum atomic E-state index is 4.59. The molecule has 3 rings (SSSR count). The summed E-state index contributed by atoms with van der Waals surface area (Å²) in [6.07, 6.45) is 1.95. The van der Waals surface area contributed by atoms with Crippen molar-refractivity contribution >= 4 is 21.6 Å². The third-order valence-corrected chi connectivity index (χ3v) is 3.40. The Morgan fingerprint density at radius 1 is 1.16 bits per heavy atom. The van der Waals surface area contributed by atoms with E-state index in [1.165, 1.54) is 0 Å². The van der Waals surface area contributed by atoms with Crippen molar-refractivity contribution in [1.29, 1.82) is 0 Å². The molecule has 2 heterocycles. The highest BCUT2D eigenvalue weighted by Gasteiger charge is 2.04. The highest BCUT2D eigenvalue weighted by Crippen LogP contribution is 2.20. The Labute approximate surface area is 119 Å². The van der Waals surface area contributed by atoms with E-state index in [1.54, 1.807) is 0 Å². The minimum absolute atomic E-state index is 0.747. The Hall–Kier alpha value is -1.72. The van der Waals surface area contributed by atoms with Gasteiger partial charge in [0.25, 0.3) is 0 Å². The maximum absolute atomic E-state index is 4.59. The second-order valence-corrected chi connectivity index (χ2v) is 5.21. The summed E-state index contributed by atoms with van der Waals surface area (Å²) in [5, 5.41) is 7.68.